The van der Waals surface area contributed by atoms with Gasteiger partial charge in [-0.2, -0.15) is 0 Å². The van der Waals surface area contributed by atoms with Crippen LogP contribution in [0.2, 0.25) is 0 Å². The van der Waals surface area contributed by atoms with Crippen LogP contribution >= 0.6 is 11.6 Å². The second-order valence-electron chi connectivity index (χ2n) is 5.26. The molecule has 0 radical (unpaired) electrons. The summed E-state index contributed by atoms with van der Waals surface area (Å²) >= 11 is 5.52. The van der Waals surface area contributed by atoms with Crippen molar-refractivity contribution in [1.82, 2.24) is 0 Å². The molecule has 0 aliphatic rings. The highest BCUT2D eigenvalue weighted by Gasteiger charge is 2.20. The summed E-state index contributed by atoms with van der Waals surface area (Å²) in [7, 11) is -3.31. The van der Waals surface area contributed by atoms with Crippen LogP contribution in [0.3, 0.4) is 0 Å². The third kappa shape index (κ3) is 4.50. The van der Waals surface area contributed by atoms with Gasteiger partial charge >= 0.3 is 0 Å². The summed E-state index contributed by atoms with van der Waals surface area (Å²) in [5, 5.41) is 0. The van der Waals surface area contributed by atoms with Gasteiger partial charge in [-0.15, -0.1) is 11.6 Å². The molecule has 1 aromatic rings. The lowest BCUT2D eigenvalue weighted by Gasteiger charge is -2.23. The van der Waals surface area contributed by atoms with Crippen molar-refractivity contribution >= 4 is 27.3 Å². The number of benzene rings is 1. The van der Waals surface area contributed by atoms with E-state index in [0.717, 1.165) is 5.56 Å². The Morgan fingerprint density at radius 2 is 1.83 bits per heavy atom. The fourth-order valence-electron chi connectivity index (χ4n) is 1.69. The molecule has 1 N–H and O–H groups in total. The fraction of sp³-hybridized carbons (Fsp3) is 0.538. The summed E-state index contributed by atoms with van der Waals surface area (Å²) in [6, 6.07) is 7.48. The SMILES string of the molecule is CC(C)(C)c1ccccc1NS(=O)(=O)CCCCl. The summed E-state index contributed by atoms with van der Waals surface area (Å²) in [4.78, 5) is 0. The normalized spacial score (nSPS) is 12.4. The molecule has 0 bridgehead atoms. The van der Waals surface area contributed by atoms with Crippen LogP contribution in [0.1, 0.15) is 32.8 Å². The van der Waals surface area contributed by atoms with Crippen LogP contribution in [0.15, 0.2) is 24.3 Å². The maximum absolute atomic E-state index is 11.9. The lowest BCUT2D eigenvalue weighted by Crippen LogP contribution is -2.21. The Balaban J connectivity index is 2.98. The number of hydrogen-bond donors (Lipinski definition) is 1. The van der Waals surface area contributed by atoms with E-state index in [-0.39, 0.29) is 11.2 Å². The molecule has 0 unspecified atom stereocenters. The molecule has 3 nitrogen and oxygen atoms in total. The van der Waals surface area contributed by atoms with E-state index in [4.69, 9.17) is 11.6 Å². The van der Waals surface area contributed by atoms with Crippen molar-refractivity contribution in [3.8, 4) is 0 Å². The van der Waals surface area contributed by atoms with Crippen molar-refractivity contribution in [3.63, 3.8) is 0 Å². The number of nitrogens with one attached hydrogen (secondary N) is 1. The molecule has 0 fully saturated rings. The largest absolute Gasteiger partial charge is 0.283 e. The first-order valence-electron chi connectivity index (χ1n) is 5.92. The van der Waals surface area contributed by atoms with E-state index in [9.17, 15) is 8.42 Å². The van der Waals surface area contributed by atoms with Gasteiger partial charge in [0, 0.05) is 5.88 Å². The van der Waals surface area contributed by atoms with Crippen molar-refractivity contribution < 1.29 is 8.42 Å². The van der Waals surface area contributed by atoms with E-state index in [2.05, 4.69) is 25.5 Å². The maximum Gasteiger partial charge on any atom is 0.232 e. The highest BCUT2D eigenvalue weighted by molar-refractivity contribution is 7.92. The Morgan fingerprint density at radius 3 is 2.39 bits per heavy atom. The third-order valence-corrected chi connectivity index (χ3v) is 4.17. The number of alkyl halides is 1. The Morgan fingerprint density at radius 1 is 1.22 bits per heavy atom. The second kappa shape index (κ2) is 5.93. The van der Waals surface area contributed by atoms with Crippen LogP contribution in [-0.4, -0.2) is 20.1 Å². The number of sulfonamides is 1. The number of anilines is 1. The van der Waals surface area contributed by atoms with Gasteiger partial charge in [-0.05, 0) is 23.5 Å². The smallest absolute Gasteiger partial charge is 0.232 e. The van der Waals surface area contributed by atoms with E-state index in [1.807, 2.05) is 18.2 Å². The molecule has 0 saturated heterocycles. The molecule has 0 saturated carbocycles. The van der Waals surface area contributed by atoms with Gasteiger partial charge in [-0.1, -0.05) is 39.0 Å². The molecule has 0 amide bonds. The summed E-state index contributed by atoms with van der Waals surface area (Å²) in [5.74, 6) is 0.400. The number of hydrogen-bond acceptors (Lipinski definition) is 2. The average molecular weight is 290 g/mol. The molecule has 5 heteroatoms. The van der Waals surface area contributed by atoms with Crippen LogP contribution in [0.4, 0.5) is 5.69 Å². The topological polar surface area (TPSA) is 46.2 Å². The first kappa shape index (κ1) is 15.3. The van der Waals surface area contributed by atoms with Gasteiger partial charge in [0.15, 0.2) is 0 Å². The quantitative estimate of drug-likeness (QED) is 0.845. The van der Waals surface area contributed by atoms with E-state index >= 15 is 0 Å². The first-order valence-corrected chi connectivity index (χ1v) is 8.11. The summed E-state index contributed by atoms with van der Waals surface area (Å²) in [5.41, 5.74) is 1.53. The molecule has 0 spiro atoms. The molecule has 102 valence electrons. The number of para-hydroxylation sites is 1. The zero-order valence-electron chi connectivity index (χ0n) is 11.0. The maximum atomic E-state index is 11.9. The second-order valence-corrected chi connectivity index (χ2v) is 7.48. The minimum atomic E-state index is -3.31. The Bertz CT molecular complexity index is 492. The van der Waals surface area contributed by atoms with Crippen LogP contribution in [0.25, 0.3) is 0 Å². The summed E-state index contributed by atoms with van der Waals surface area (Å²) < 4.78 is 26.4. The van der Waals surface area contributed by atoms with Crippen LogP contribution in [-0.2, 0) is 15.4 Å². The minimum Gasteiger partial charge on any atom is -0.283 e. The number of rotatable bonds is 5. The van der Waals surface area contributed by atoms with Gasteiger partial charge in [0.25, 0.3) is 0 Å². The molecule has 0 atom stereocenters. The van der Waals surface area contributed by atoms with Crippen molar-refractivity contribution in [2.75, 3.05) is 16.4 Å². The molecule has 0 aromatic heterocycles. The molecule has 1 aromatic carbocycles. The fourth-order valence-corrected chi connectivity index (χ4v) is 3.12. The van der Waals surface area contributed by atoms with Crippen LogP contribution in [0, 0.1) is 0 Å². The van der Waals surface area contributed by atoms with Crippen LogP contribution in [0.5, 0.6) is 0 Å². The van der Waals surface area contributed by atoms with Gasteiger partial charge in [-0.25, -0.2) is 8.42 Å². The lowest BCUT2D eigenvalue weighted by atomic mass is 9.86. The Hall–Kier alpha value is -0.740. The van der Waals surface area contributed by atoms with Crippen LogP contribution < -0.4 is 4.72 Å². The predicted octanol–water partition coefficient (Wildman–Crippen LogP) is 3.35. The Kier molecular flexibility index (Phi) is 5.05. The van der Waals surface area contributed by atoms with Gasteiger partial charge in [0.05, 0.1) is 11.4 Å². The molecular weight excluding hydrogens is 270 g/mol. The standard InChI is InChI=1S/C13H20ClNO2S/c1-13(2,3)11-7-4-5-8-12(11)15-18(16,17)10-6-9-14/h4-5,7-8,15H,6,9-10H2,1-3H3. The van der Waals surface area contributed by atoms with E-state index in [1.54, 1.807) is 6.07 Å². The summed E-state index contributed by atoms with van der Waals surface area (Å²) in [6.45, 7) is 6.16. The molecule has 0 heterocycles. The number of halogens is 1. The molecular formula is C13H20ClNO2S. The van der Waals surface area contributed by atoms with Gasteiger partial charge in [0.2, 0.25) is 10.0 Å². The highest BCUT2D eigenvalue weighted by Crippen LogP contribution is 2.29. The van der Waals surface area contributed by atoms with E-state index in [1.165, 1.54) is 0 Å². The Labute approximate surface area is 115 Å². The van der Waals surface area contributed by atoms with Gasteiger partial charge in [-0.3, -0.25) is 4.72 Å². The molecule has 0 aliphatic heterocycles. The highest BCUT2D eigenvalue weighted by atomic mass is 35.5. The molecule has 18 heavy (non-hydrogen) atoms. The average Bonchev–Trinajstić information content (AvgIpc) is 2.25. The third-order valence-electron chi connectivity index (χ3n) is 2.55. The lowest BCUT2D eigenvalue weighted by molar-refractivity contribution is 0.590. The van der Waals surface area contributed by atoms with Gasteiger partial charge in [0.1, 0.15) is 0 Å². The zero-order valence-corrected chi connectivity index (χ0v) is 12.6. The van der Waals surface area contributed by atoms with Crippen molar-refractivity contribution in [2.45, 2.75) is 32.6 Å². The van der Waals surface area contributed by atoms with Gasteiger partial charge < -0.3 is 0 Å². The van der Waals surface area contributed by atoms with Crippen molar-refractivity contribution in [3.05, 3.63) is 29.8 Å². The predicted molar refractivity (Wildman–Crippen MR) is 77.9 cm³/mol. The van der Waals surface area contributed by atoms with Crippen molar-refractivity contribution in [1.29, 1.82) is 0 Å². The monoisotopic (exact) mass is 289 g/mol. The van der Waals surface area contributed by atoms with E-state index < -0.39 is 10.0 Å². The zero-order chi connectivity index (χ0) is 13.8. The minimum absolute atomic E-state index is 0.0506. The van der Waals surface area contributed by atoms with Crippen molar-refractivity contribution in [2.24, 2.45) is 0 Å². The summed E-state index contributed by atoms with van der Waals surface area (Å²) in [6.07, 6.45) is 0.453. The van der Waals surface area contributed by atoms with E-state index in [0.29, 0.717) is 18.0 Å². The molecule has 0 aliphatic carbocycles. The first-order chi connectivity index (χ1) is 8.26. The molecule has 1 rings (SSSR count).